The van der Waals surface area contributed by atoms with Crippen LogP contribution in [0.5, 0.6) is 0 Å². The summed E-state index contributed by atoms with van der Waals surface area (Å²) >= 11 is 0. The first-order chi connectivity index (χ1) is 6.34. The van der Waals surface area contributed by atoms with Gasteiger partial charge in [-0.1, -0.05) is 40.5 Å². The van der Waals surface area contributed by atoms with Crippen LogP contribution in [0, 0.1) is 11.8 Å². The standard InChI is InChI=1S/C12H26N2.Cu/c1-9(2)11(13)7-5-6-8-12(11,14)10(3)4;/h9-10H,5-8,13-14H2,1-4H3;. The summed E-state index contributed by atoms with van der Waals surface area (Å²) in [5.74, 6) is 0.936. The van der Waals surface area contributed by atoms with Crippen LogP contribution in [0.1, 0.15) is 53.4 Å². The molecule has 2 unspecified atom stereocenters. The summed E-state index contributed by atoms with van der Waals surface area (Å²) in [5, 5.41) is 0. The van der Waals surface area contributed by atoms with Gasteiger partial charge >= 0.3 is 0 Å². The molecular formula is C12H26CuN2. The summed E-state index contributed by atoms with van der Waals surface area (Å²) in [5.41, 5.74) is 12.8. The minimum atomic E-state index is -0.167. The number of hydrogen-bond acceptors (Lipinski definition) is 2. The van der Waals surface area contributed by atoms with Crippen LogP contribution in [0.15, 0.2) is 0 Å². The van der Waals surface area contributed by atoms with Gasteiger partial charge in [-0.3, -0.25) is 0 Å². The van der Waals surface area contributed by atoms with E-state index in [0.717, 1.165) is 12.8 Å². The van der Waals surface area contributed by atoms with Crippen LogP contribution < -0.4 is 11.5 Å². The first kappa shape index (κ1) is 15.4. The fourth-order valence-electron chi connectivity index (χ4n) is 2.95. The topological polar surface area (TPSA) is 52.0 Å². The molecule has 4 N–H and O–H groups in total. The van der Waals surface area contributed by atoms with E-state index in [9.17, 15) is 0 Å². The molecule has 0 amide bonds. The van der Waals surface area contributed by atoms with Gasteiger partial charge in [0, 0.05) is 28.1 Å². The van der Waals surface area contributed by atoms with Crippen molar-refractivity contribution >= 4 is 0 Å². The average Bonchev–Trinajstić information content (AvgIpc) is 2.09. The van der Waals surface area contributed by atoms with E-state index in [1.54, 1.807) is 0 Å². The van der Waals surface area contributed by atoms with E-state index in [-0.39, 0.29) is 28.1 Å². The van der Waals surface area contributed by atoms with Crippen molar-refractivity contribution < 1.29 is 17.1 Å². The van der Waals surface area contributed by atoms with Gasteiger partial charge in [0.05, 0.1) is 0 Å². The molecule has 1 rings (SSSR count). The fourth-order valence-corrected chi connectivity index (χ4v) is 2.95. The Kier molecular flexibility index (Phi) is 5.33. The number of hydrogen-bond donors (Lipinski definition) is 2. The zero-order valence-electron chi connectivity index (χ0n) is 10.4. The van der Waals surface area contributed by atoms with E-state index in [2.05, 4.69) is 27.7 Å². The molecule has 0 aromatic heterocycles. The Morgan fingerprint density at radius 2 is 1.07 bits per heavy atom. The first-order valence-corrected chi connectivity index (χ1v) is 5.92. The molecule has 0 heterocycles. The molecule has 0 aromatic carbocycles. The van der Waals surface area contributed by atoms with Crippen LogP contribution in [0.4, 0.5) is 0 Å². The maximum Gasteiger partial charge on any atom is 0.0362 e. The predicted octanol–water partition coefficient (Wildman–Crippen LogP) is 2.26. The van der Waals surface area contributed by atoms with E-state index in [0.29, 0.717) is 11.8 Å². The van der Waals surface area contributed by atoms with Crippen molar-refractivity contribution in [2.24, 2.45) is 23.3 Å². The van der Waals surface area contributed by atoms with E-state index < -0.39 is 0 Å². The van der Waals surface area contributed by atoms with Crippen molar-refractivity contribution in [2.45, 2.75) is 64.5 Å². The van der Waals surface area contributed by atoms with Crippen molar-refractivity contribution in [3.8, 4) is 0 Å². The molecule has 3 heteroatoms. The van der Waals surface area contributed by atoms with Crippen LogP contribution in [0.25, 0.3) is 0 Å². The zero-order chi connectivity index (χ0) is 11.0. The van der Waals surface area contributed by atoms with Gasteiger partial charge in [-0.15, -0.1) is 0 Å². The van der Waals surface area contributed by atoms with Gasteiger partial charge < -0.3 is 11.5 Å². The molecule has 1 fully saturated rings. The summed E-state index contributed by atoms with van der Waals surface area (Å²) in [6, 6.07) is 0. The van der Waals surface area contributed by atoms with Crippen molar-refractivity contribution in [1.29, 1.82) is 0 Å². The fraction of sp³-hybridized carbons (Fsp3) is 1.00. The van der Waals surface area contributed by atoms with E-state index in [1.807, 2.05) is 0 Å². The van der Waals surface area contributed by atoms with Crippen LogP contribution in [0.2, 0.25) is 0 Å². The van der Waals surface area contributed by atoms with Gasteiger partial charge in [-0.2, -0.15) is 0 Å². The summed E-state index contributed by atoms with van der Waals surface area (Å²) in [4.78, 5) is 0. The molecule has 95 valence electrons. The molecule has 1 aliphatic carbocycles. The Hall–Kier alpha value is 0.439. The smallest absolute Gasteiger partial charge is 0.0362 e. The molecule has 2 nitrogen and oxygen atoms in total. The minimum absolute atomic E-state index is 0. The quantitative estimate of drug-likeness (QED) is 0.750. The molecule has 0 bridgehead atoms. The molecule has 0 aliphatic heterocycles. The minimum Gasteiger partial charge on any atom is -0.323 e. The van der Waals surface area contributed by atoms with Crippen LogP contribution in [-0.2, 0) is 17.1 Å². The Morgan fingerprint density at radius 1 is 0.800 bits per heavy atom. The Morgan fingerprint density at radius 3 is 1.27 bits per heavy atom. The summed E-state index contributed by atoms with van der Waals surface area (Å²) in [6.45, 7) is 8.81. The Labute approximate surface area is 105 Å². The largest absolute Gasteiger partial charge is 0.323 e. The van der Waals surface area contributed by atoms with Gasteiger partial charge in [-0.05, 0) is 24.7 Å². The molecule has 0 aromatic rings. The summed E-state index contributed by atoms with van der Waals surface area (Å²) < 4.78 is 0. The molecule has 1 saturated carbocycles. The maximum atomic E-state index is 6.56. The van der Waals surface area contributed by atoms with E-state index in [4.69, 9.17) is 11.5 Å². The second kappa shape index (κ2) is 5.18. The van der Waals surface area contributed by atoms with Crippen molar-refractivity contribution in [2.75, 3.05) is 0 Å². The summed E-state index contributed by atoms with van der Waals surface area (Å²) in [7, 11) is 0. The normalized spacial score (nSPS) is 36.8. The predicted molar refractivity (Wildman–Crippen MR) is 62.0 cm³/mol. The van der Waals surface area contributed by atoms with Crippen LogP contribution in [-0.4, -0.2) is 11.1 Å². The molecule has 0 spiro atoms. The molecular weight excluding hydrogens is 236 g/mol. The summed E-state index contributed by atoms with van der Waals surface area (Å²) in [6.07, 6.45) is 4.64. The SMILES string of the molecule is CC(C)C1(N)CCCCC1(N)C(C)C.[Cu]. The van der Waals surface area contributed by atoms with Gasteiger partial charge in [0.25, 0.3) is 0 Å². The van der Waals surface area contributed by atoms with Crippen molar-refractivity contribution in [3.05, 3.63) is 0 Å². The van der Waals surface area contributed by atoms with Crippen molar-refractivity contribution in [3.63, 3.8) is 0 Å². The van der Waals surface area contributed by atoms with Gasteiger partial charge in [-0.25, -0.2) is 0 Å². The third-order valence-electron chi connectivity index (χ3n) is 4.36. The van der Waals surface area contributed by atoms with Gasteiger partial charge in [0.2, 0.25) is 0 Å². The Bertz CT molecular complexity index is 184. The third kappa shape index (κ3) is 2.41. The molecule has 2 atom stereocenters. The number of rotatable bonds is 2. The van der Waals surface area contributed by atoms with Gasteiger partial charge in [0.1, 0.15) is 0 Å². The first-order valence-electron chi connectivity index (χ1n) is 5.92. The molecule has 15 heavy (non-hydrogen) atoms. The van der Waals surface area contributed by atoms with Crippen molar-refractivity contribution in [1.82, 2.24) is 0 Å². The van der Waals surface area contributed by atoms with Crippen LogP contribution >= 0.6 is 0 Å². The maximum absolute atomic E-state index is 6.56. The van der Waals surface area contributed by atoms with E-state index in [1.165, 1.54) is 12.8 Å². The van der Waals surface area contributed by atoms with E-state index >= 15 is 0 Å². The second-order valence-corrected chi connectivity index (χ2v) is 5.60. The molecule has 0 saturated heterocycles. The van der Waals surface area contributed by atoms with Gasteiger partial charge in [0.15, 0.2) is 0 Å². The monoisotopic (exact) mass is 261 g/mol. The number of nitrogens with two attached hydrogens (primary N) is 2. The zero-order valence-corrected chi connectivity index (χ0v) is 11.4. The Balaban J connectivity index is 0.00000196. The average molecular weight is 262 g/mol. The third-order valence-corrected chi connectivity index (χ3v) is 4.36. The molecule has 1 aliphatic rings. The molecule has 1 radical (unpaired) electrons. The second-order valence-electron chi connectivity index (χ2n) is 5.60. The van der Waals surface area contributed by atoms with Crippen LogP contribution in [0.3, 0.4) is 0 Å².